The second kappa shape index (κ2) is 8.74. The Morgan fingerprint density at radius 2 is 1.72 bits per heavy atom. The number of nitrogens with one attached hydrogen (secondary N) is 3. The van der Waals surface area contributed by atoms with Crippen molar-refractivity contribution in [2.45, 2.75) is 39.7 Å². The number of rotatable bonds is 5. The number of anilines is 1. The van der Waals surface area contributed by atoms with Crippen LogP contribution in [0.5, 0.6) is 0 Å². The lowest BCUT2D eigenvalue weighted by Gasteiger charge is -2.21. The fraction of sp³-hybridized carbons (Fsp3) is 0.318. The van der Waals surface area contributed by atoms with Crippen LogP contribution in [0, 0.1) is 26.6 Å². The minimum absolute atomic E-state index is 0.0204. The normalized spacial score (nSPS) is 14.2. The molecule has 10 heteroatoms. The quantitative estimate of drug-likeness (QED) is 0.367. The summed E-state index contributed by atoms with van der Waals surface area (Å²) in [5.74, 6) is -3.81. The highest BCUT2D eigenvalue weighted by atomic mass is 19.1. The molecular weight excluding hydrogens is 419 g/mol. The Labute approximate surface area is 183 Å². The maximum atomic E-state index is 13.5. The van der Waals surface area contributed by atoms with Crippen LogP contribution in [0.3, 0.4) is 0 Å². The lowest BCUT2D eigenvalue weighted by Crippen LogP contribution is -2.49. The third-order valence-corrected chi connectivity index (χ3v) is 5.47. The molecule has 3 N–H and O–H groups in total. The van der Waals surface area contributed by atoms with E-state index in [4.69, 9.17) is 0 Å². The maximum Gasteiger partial charge on any atom is 0.294 e. The van der Waals surface area contributed by atoms with E-state index in [9.17, 15) is 28.4 Å². The summed E-state index contributed by atoms with van der Waals surface area (Å²) in [5.41, 5.74) is 1.76. The number of Topliss-reactive ketones (excluding diaryl/α,β-unsaturated/α-hetero) is 1. The van der Waals surface area contributed by atoms with Crippen molar-refractivity contribution in [1.29, 1.82) is 0 Å². The molecule has 0 radical (unpaired) electrons. The zero-order valence-corrected chi connectivity index (χ0v) is 18.1. The van der Waals surface area contributed by atoms with Gasteiger partial charge in [-0.25, -0.2) is 4.39 Å². The Balaban J connectivity index is 1.83. The molecule has 3 rings (SSSR count). The van der Waals surface area contributed by atoms with Gasteiger partial charge in [0.05, 0.1) is 11.3 Å². The van der Waals surface area contributed by atoms with Crippen molar-refractivity contribution < 1.29 is 28.4 Å². The number of nitrogens with zero attached hydrogens (tertiary/aromatic N) is 1. The molecule has 1 saturated heterocycles. The fourth-order valence-corrected chi connectivity index (χ4v) is 3.79. The van der Waals surface area contributed by atoms with E-state index in [2.05, 4.69) is 16.0 Å². The Bertz CT molecular complexity index is 1150. The summed E-state index contributed by atoms with van der Waals surface area (Å²) in [6, 6.07) is 3.38. The summed E-state index contributed by atoms with van der Waals surface area (Å²) in [6.07, 6.45) is -0.221. The number of hydrogen-bond acceptors (Lipinski definition) is 5. The second-order valence-electron chi connectivity index (χ2n) is 7.79. The number of carbonyl (C=O) groups excluding carboxylic acids is 5. The molecule has 168 valence electrons. The Morgan fingerprint density at radius 1 is 1.09 bits per heavy atom. The van der Waals surface area contributed by atoms with Crippen LogP contribution in [0.15, 0.2) is 18.2 Å². The SMILES string of the molecule is Cc1cc(NC(=O)c2c(C)c(C(=O)C(=O)NC3CC(=O)NC(=O)C3)n(C)c2C)ccc1F. The predicted octanol–water partition coefficient (Wildman–Crippen LogP) is 1.45. The number of hydrogen-bond donors (Lipinski definition) is 3. The number of carbonyl (C=O) groups is 5. The van der Waals surface area contributed by atoms with Crippen molar-refractivity contribution in [2.75, 3.05) is 5.32 Å². The molecule has 0 aliphatic carbocycles. The van der Waals surface area contributed by atoms with Crippen molar-refractivity contribution in [1.82, 2.24) is 15.2 Å². The molecule has 2 aromatic rings. The molecule has 0 saturated carbocycles. The van der Waals surface area contributed by atoms with E-state index >= 15 is 0 Å². The Kier molecular flexibility index (Phi) is 6.24. The van der Waals surface area contributed by atoms with Crippen LogP contribution in [-0.2, 0) is 21.4 Å². The first kappa shape index (κ1) is 22.9. The molecule has 9 nitrogen and oxygen atoms in total. The summed E-state index contributed by atoms with van der Waals surface area (Å²) in [5, 5.41) is 7.23. The Hall–Kier alpha value is -3.82. The van der Waals surface area contributed by atoms with E-state index in [1.165, 1.54) is 22.8 Å². The highest BCUT2D eigenvalue weighted by Gasteiger charge is 2.32. The van der Waals surface area contributed by atoms with Gasteiger partial charge in [0, 0.05) is 37.3 Å². The zero-order valence-electron chi connectivity index (χ0n) is 18.1. The van der Waals surface area contributed by atoms with Gasteiger partial charge in [0.2, 0.25) is 11.8 Å². The first-order valence-electron chi connectivity index (χ1n) is 9.90. The highest BCUT2D eigenvalue weighted by Crippen LogP contribution is 2.24. The molecule has 0 spiro atoms. The first-order valence-corrected chi connectivity index (χ1v) is 9.90. The Morgan fingerprint density at radius 3 is 2.31 bits per heavy atom. The number of amides is 4. The molecule has 4 amide bonds. The molecule has 0 atom stereocenters. The van der Waals surface area contributed by atoms with Gasteiger partial charge < -0.3 is 15.2 Å². The molecule has 1 aliphatic heterocycles. The van der Waals surface area contributed by atoms with E-state index in [0.717, 1.165) is 0 Å². The molecule has 2 heterocycles. The summed E-state index contributed by atoms with van der Waals surface area (Å²) >= 11 is 0. The second-order valence-corrected chi connectivity index (χ2v) is 7.79. The molecule has 0 unspecified atom stereocenters. The molecule has 1 fully saturated rings. The molecule has 1 aromatic carbocycles. The number of aryl methyl sites for hydroxylation is 1. The van der Waals surface area contributed by atoms with Crippen molar-refractivity contribution >= 4 is 35.1 Å². The van der Waals surface area contributed by atoms with E-state index in [-0.39, 0.29) is 24.1 Å². The number of benzene rings is 1. The van der Waals surface area contributed by atoms with Crippen LogP contribution in [0.4, 0.5) is 10.1 Å². The largest absolute Gasteiger partial charge is 0.345 e. The number of piperidine rings is 1. The standard InChI is InChI=1S/C22H23FN4O5/c1-10-7-13(5-6-15(10)23)24-21(31)18-11(2)19(27(4)12(18)3)20(30)22(32)25-14-8-16(28)26-17(29)9-14/h5-7,14H,8-9H2,1-4H3,(H,24,31)(H,25,32)(H,26,28,29). The van der Waals surface area contributed by atoms with E-state index in [1.807, 2.05) is 0 Å². The fourth-order valence-electron chi connectivity index (χ4n) is 3.79. The smallest absolute Gasteiger partial charge is 0.294 e. The van der Waals surface area contributed by atoms with Crippen molar-refractivity contribution in [3.8, 4) is 0 Å². The van der Waals surface area contributed by atoms with Gasteiger partial charge in [-0.1, -0.05) is 0 Å². The lowest BCUT2D eigenvalue weighted by atomic mass is 10.0. The van der Waals surface area contributed by atoms with Crippen LogP contribution in [0.25, 0.3) is 0 Å². The number of halogens is 1. The predicted molar refractivity (Wildman–Crippen MR) is 113 cm³/mol. The third-order valence-electron chi connectivity index (χ3n) is 5.47. The average Bonchev–Trinajstić information content (AvgIpc) is 2.92. The zero-order chi connectivity index (χ0) is 23.7. The van der Waals surface area contributed by atoms with Gasteiger partial charge in [0.25, 0.3) is 17.6 Å². The van der Waals surface area contributed by atoms with Gasteiger partial charge in [-0.15, -0.1) is 0 Å². The van der Waals surface area contributed by atoms with Gasteiger partial charge in [-0.05, 0) is 50.1 Å². The highest BCUT2D eigenvalue weighted by molar-refractivity contribution is 6.43. The van der Waals surface area contributed by atoms with E-state index in [0.29, 0.717) is 22.5 Å². The van der Waals surface area contributed by atoms with Crippen LogP contribution in [-0.4, -0.2) is 40.0 Å². The first-order chi connectivity index (χ1) is 15.0. The molecular formula is C22H23FN4O5. The topological polar surface area (TPSA) is 126 Å². The van der Waals surface area contributed by atoms with Crippen LogP contribution in [0.2, 0.25) is 0 Å². The summed E-state index contributed by atoms with van der Waals surface area (Å²) in [7, 11) is 1.55. The van der Waals surface area contributed by atoms with Gasteiger partial charge >= 0.3 is 0 Å². The lowest BCUT2D eigenvalue weighted by molar-refractivity contribution is -0.134. The number of ketones is 1. The van der Waals surface area contributed by atoms with Crippen LogP contribution in [0.1, 0.15) is 50.5 Å². The van der Waals surface area contributed by atoms with Crippen LogP contribution >= 0.6 is 0 Å². The van der Waals surface area contributed by atoms with Gasteiger partial charge in [-0.2, -0.15) is 0 Å². The van der Waals surface area contributed by atoms with Crippen molar-refractivity contribution in [3.05, 3.63) is 52.1 Å². The summed E-state index contributed by atoms with van der Waals surface area (Å²) in [4.78, 5) is 61.3. The van der Waals surface area contributed by atoms with Gasteiger partial charge in [-0.3, -0.25) is 29.3 Å². The van der Waals surface area contributed by atoms with Gasteiger partial charge in [0.1, 0.15) is 5.82 Å². The molecule has 1 aliphatic rings. The monoisotopic (exact) mass is 442 g/mol. The number of imide groups is 1. The molecule has 32 heavy (non-hydrogen) atoms. The van der Waals surface area contributed by atoms with Crippen LogP contribution < -0.4 is 16.0 Å². The number of aromatic nitrogens is 1. The summed E-state index contributed by atoms with van der Waals surface area (Å²) in [6.45, 7) is 4.76. The minimum atomic E-state index is -0.970. The summed E-state index contributed by atoms with van der Waals surface area (Å²) < 4.78 is 14.9. The maximum absolute atomic E-state index is 13.5. The van der Waals surface area contributed by atoms with E-state index < -0.39 is 41.3 Å². The molecule has 0 bridgehead atoms. The van der Waals surface area contributed by atoms with Crippen molar-refractivity contribution in [2.24, 2.45) is 7.05 Å². The van der Waals surface area contributed by atoms with Gasteiger partial charge in [0.15, 0.2) is 0 Å². The van der Waals surface area contributed by atoms with E-state index in [1.54, 1.807) is 27.8 Å². The molecule has 1 aromatic heterocycles. The average molecular weight is 442 g/mol. The minimum Gasteiger partial charge on any atom is -0.345 e. The van der Waals surface area contributed by atoms with Crippen molar-refractivity contribution in [3.63, 3.8) is 0 Å². The third kappa shape index (κ3) is 4.43.